The van der Waals surface area contributed by atoms with E-state index in [1.54, 1.807) is 7.11 Å². The zero-order valence-corrected chi connectivity index (χ0v) is 20.3. The molecule has 1 fully saturated rings. The van der Waals surface area contributed by atoms with Crippen LogP contribution in [0.25, 0.3) is 5.69 Å². The highest BCUT2D eigenvalue weighted by Crippen LogP contribution is 2.38. The lowest BCUT2D eigenvalue weighted by molar-refractivity contribution is 0.0177. The number of hydrogen-bond donors (Lipinski definition) is 1. The molecule has 0 aliphatic heterocycles. The van der Waals surface area contributed by atoms with E-state index in [2.05, 4.69) is 11.8 Å². The molecule has 7 nitrogen and oxygen atoms in total. The third kappa shape index (κ3) is 5.78. The van der Waals surface area contributed by atoms with Gasteiger partial charge in [-0.2, -0.15) is 5.10 Å². The molecular weight excluding hydrogens is 430 g/mol. The Balaban J connectivity index is 1.72. The molecule has 7 heteroatoms. The van der Waals surface area contributed by atoms with Crippen LogP contribution in [-0.2, 0) is 17.7 Å². The fourth-order valence-electron chi connectivity index (χ4n) is 4.14. The van der Waals surface area contributed by atoms with Crippen LogP contribution in [0.3, 0.4) is 0 Å². The van der Waals surface area contributed by atoms with E-state index in [0.29, 0.717) is 49.7 Å². The molecule has 0 bridgehead atoms. The summed E-state index contributed by atoms with van der Waals surface area (Å²) in [5.41, 5.74) is 2.95. The highest BCUT2D eigenvalue weighted by atomic mass is 16.5. The molecule has 0 amide bonds. The van der Waals surface area contributed by atoms with Crippen LogP contribution in [-0.4, -0.2) is 58.8 Å². The quantitative estimate of drug-likeness (QED) is 0.398. The Morgan fingerprint density at radius 2 is 1.76 bits per heavy atom. The van der Waals surface area contributed by atoms with Gasteiger partial charge in [-0.3, -0.25) is 4.90 Å². The van der Waals surface area contributed by atoms with Crippen LogP contribution in [0.4, 0.5) is 0 Å². The van der Waals surface area contributed by atoms with Gasteiger partial charge in [0.25, 0.3) is 0 Å². The van der Waals surface area contributed by atoms with E-state index in [0.717, 1.165) is 36.2 Å². The number of aliphatic hydroxyl groups is 1. The van der Waals surface area contributed by atoms with Crippen molar-refractivity contribution in [2.45, 2.75) is 51.8 Å². The van der Waals surface area contributed by atoms with Gasteiger partial charge in [-0.25, -0.2) is 4.68 Å². The fourth-order valence-corrected chi connectivity index (χ4v) is 4.14. The molecule has 1 aromatic heterocycles. The van der Waals surface area contributed by atoms with Crippen LogP contribution in [0, 0.1) is 0 Å². The first-order valence-corrected chi connectivity index (χ1v) is 12.1. The Bertz CT molecular complexity index is 1050. The number of para-hydroxylation sites is 3. The summed E-state index contributed by atoms with van der Waals surface area (Å²) in [5.74, 6) is 1.98. The first-order valence-electron chi connectivity index (χ1n) is 12.1. The maximum Gasteiger partial charge on any atom is 0.227 e. The van der Waals surface area contributed by atoms with Gasteiger partial charge in [0.1, 0.15) is 0 Å². The number of ether oxygens (including phenoxy) is 3. The summed E-state index contributed by atoms with van der Waals surface area (Å²) < 4.78 is 19.4. The van der Waals surface area contributed by atoms with E-state index >= 15 is 0 Å². The molecule has 1 atom stereocenters. The van der Waals surface area contributed by atoms with Gasteiger partial charge in [0.2, 0.25) is 5.88 Å². The Morgan fingerprint density at radius 3 is 2.41 bits per heavy atom. The van der Waals surface area contributed by atoms with E-state index in [-0.39, 0.29) is 0 Å². The number of aromatic nitrogens is 2. The molecule has 4 rings (SSSR count). The highest BCUT2D eigenvalue weighted by Gasteiger charge is 2.33. The van der Waals surface area contributed by atoms with Crippen molar-refractivity contribution in [2.24, 2.45) is 0 Å². The summed E-state index contributed by atoms with van der Waals surface area (Å²) in [7, 11) is 1.64. The highest BCUT2D eigenvalue weighted by molar-refractivity contribution is 5.47. The lowest BCUT2D eigenvalue weighted by Crippen LogP contribution is -2.36. The summed E-state index contributed by atoms with van der Waals surface area (Å²) >= 11 is 0. The molecule has 1 saturated carbocycles. The average molecular weight is 466 g/mol. The zero-order chi connectivity index (χ0) is 23.9. The molecule has 1 N–H and O–H groups in total. The molecule has 34 heavy (non-hydrogen) atoms. The summed E-state index contributed by atoms with van der Waals surface area (Å²) in [4.78, 5) is 2.34. The smallest absolute Gasteiger partial charge is 0.227 e. The Kier molecular flexibility index (Phi) is 8.21. The van der Waals surface area contributed by atoms with Crippen LogP contribution < -0.4 is 9.47 Å². The summed E-state index contributed by atoms with van der Waals surface area (Å²) in [6.07, 6.45) is 2.52. The van der Waals surface area contributed by atoms with E-state index in [9.17, 15) is 5.11 Å². The number of benzene rings is 2. The minimum absolute atomic E-state index is 0.341. The molecule has 2 aromatic carbocycles. The fraction of sp³-hybridized carbons (Fsp3) is 0.444. The Hall–Kier alpha value is -2.87. The number of aryl methyl sites for hydroxylation is 1. The van der Waals surface area contributed by atoms with Crippen molar-refractivity contribution in [1.82, 2.24) is 14.7 Å². The summed E-state index contributed by atoms with van der Waals surface area (Å²) in [6.45, 7) is 6.19. The number of rotatable bonds is 13. The van der Waals surface area contributed by atoms with Crippen molar-refractivity contribution in [2.75, 3.05) is 26.9 Å². The average Bonchev–Trinajstić information content (AvgIpc) is 3.67. The predicted molar refractivity (Wildman–Crippen MR) is 132 cm³/mol. The second-order valence-electron chi connectivity index (χ2n) is 8.56. The molecule has 0 unspecified atom stereocenters. The van der Waals surface area contributed by atoms with Gasteiger partial charge in [-0.1, -0.05) is 37.3 Å². The number of aliphatic hydroxyl groups excluding tert-OH is 1. The predicted octanol–water partition coefficient (Wildman–Crippen LogP) is 4.60. The SMILES string of the molecule is CCOC[C@@H](O)CN(Cc1c(CC)nn(-c2ccccc2)c1Oc1ccccc1OC)C1CC1. The maximum atomic E-state index is 10.6. The van der Waals surface area contributed by atoms with E-state index in [1.165, 1.54) is 0 Å². The molecule has 0 radical (unpaired) electrons. The van der Waals surface area contributed by atoms with Crippen molar-refractivity contribution >= 4 is 0 Å². The van der Waals surface area contributed by atoms with Gasteiger partial charge in [0.05, 0.1) is 36.8 Å². The lowest BCUT2D eigenvalue weighted by Gasteiger charge is -2.25. The monoisotopic (exact) mass is 465 g/mol. The van der Waals surface area contributed by atoms with Gasteiger partial charge < -0.3 is 19.3 Å². The van der Waals surface area contributed by atoms with Crippen molar-refractivity contribution in [3.63, 3.8) is 0 Å². The first-order chi connectivity index (χ1) is 16.6. The summed E-state index contributed by atoms with van der Waals surface area (Å²) in [6, 6.07) is 18.1. The van der Waals surface area contributed by atoms with Crippen LogP contribution >= 0.6 is 0 Å². The number of nitrogens with zero attached hydrogens (tertiary/aromatic N) is 3. The second-order valence-corrected chi connectivity index (χ2v) is 8.56. The minimum atomic E-state index is -0.534. The molecule has 1 aliphatic carbocycles. The topological polar surface area (TPSA) is 69.0 Å². The maximum absolute atomic E-state index is 10.6. The van der Waals surface area contributed by atoms with Crippen LogP contribution in [0.15, 0.2) is 54.6 Å². The second kappa shape index (κ2) is 11.5. The minimum Gasteiger partial charge on any atom is -0.493 e. The van der Waals surface area contributed by atoms with Crippen molar-refractivity contribution in [3.05, 3.63) is 65.9 Å². The van der Waals surface area contributed by atoms with Gasteiger partial charge in [0, 0.05) is 25.7 Å². The van der Waals surface area contributed by atoms with Crippen molar-refractivity contribution in [1.29, 1.82) is 0 Å². The molecule has 1 aliphatic rings. The van der Waals surface area contributed by atoms with Crippen LogP contribution in [0.1, 0.15) is 37.9 Å². The summed E-state index contributed by atoms with van der Waals surface area (Å²) in [5, 5.41) is 15.5. The third-order valence-corrected chi connectivity index (χ3v) is 6.02. The van der Waals surface area contributed by atoms with E-state index in [4.69, 9.17) is 19.3 Å². The molecule has 3 aromatic rings. The van der Waals surface area contributed by atoms with Gasteiger partial charge in [-0.15, -0.1) is 0 Å². The molecule has 1 heterocycles. The van der Waals surface area contributed by atoms with Gasteiger partial charge >= 0.3 is 0 Å². The molecular formula is C27H35N3O4. The number of hydrogen-bond acceptors (Lipinski definition) is 6. The zero-order valence-electron chi connectivity index (χ0n) is 20.3. The van der Waals surface area contributed by atoms with Crippen LogP contribution in [0.2, 0.25) is 0 Å². The third-order valence-electron chi connectivity index (χ3n) is 6.02. The first kappa shape index (κ1) is 24.3. The molecule has 0 spiro atoms. The van der Waals surface area contributed by atoms with Crippen molar-refractivity contribution in [3.8, 4) is 23.1 Å². The molecule has 0 saturated heterocycles. The van der Waals surface area contributed by atoms with Gasteiger partial charge in [-0.05, 0) is 50.5 Å². The lowest BCUT2D eigenvalue weighted by atomic mass is 10.1. The Morgan fingerprint density at radius 1 is 1.06 bits per heavy atom. The standard InChI is InChI=1S/C27H35N3O4/c1-4-24-23(18-29(20-15-16-20)17-22(31)19-33-5-2)27(30(28-24)21-11-7-6-8-12-21)34-26-14-10-9-13-25(26)32-3/h6-14,20,22,31H,4-5,15-19H2,1-3H3/t22-/m0/s1. The van der Waals surface area contributed by atoms with E-state index < -0.39 is 6.10 Å². The Labute approximate surface area is 201 Å². The normalized spacial score (nSPS) is 14.4. The van der Waals surface area contributed by atoms with E-state index in [1.807, 2.05) is 66.2 Å². The van der Waals surface area contributed by atoms with Crippen molar-refractivity contribution < 1.29 is 19.3 Å². The molecule has 182 valence electrons. The van der Waals surface area contributed by atoms with Crippen LogP contribution in [0.5, 0.6) is 17.4 Å². The van der Waals surface area contributed by atoms with Gasteiger partial charge in [0.15, 0.2) is 11.5 Å². The number of methoxy groups -OCH3 is 1. The largest absolute Gasteiger partial charge is 0.493 e.